The lowest BCUT2D eigenvalue weighted by atomic mass is 9.94. The van der Waals surface area contributed by atoms with Gasteiger partial charge in [0, 0.05) is 21.5 Å². The van der Waals surface area contributed by atoms with Crippen LogP contribution in [-0.4, -0.2) is 4.57 Å². The third-order valence-corrected chi connectivity index (χ3v) is 9.99. The molecule has 0 bridgehead atoms. The molecule has 8 aromatic carbocycles. The molecule has 2 aromatic heterocycles. The fourth-order valence-corrected chi connectivity index (χ4v) is 7.59. The molecule has 0 aliphatic carbocycles. The van der Waals surface area contributed by atoms with Crippen molar-refractivity contribution in [2.24, 2.45) is 0 Å². The van der Waals surface area contributed by atoms with Crippen LogP contribution >= 0.6 is 0 Å². The second-order valence-corrected chi connectivity index (χ2v) is 12.9. The van der Waals surface area contributed by atoms with Crippen molar-refractivity contribution in [1.29, 1.82) is 0 Å². The van der Waals surface area contributed by atoms with Crippen molar-refractivity contribution in [1.82, 2.24) is 4.57 Å². The highest BCUT2D eigenvalue weighted by atomic mass is 16.3. The topological polar surface area (TPSA) is 18.1 Å². The minimum absolute atomic E-state index is 0.905. The zero-order chi connectivity index (χ0) is 33.0. The number of furan rings is 1. The van der Waals surface area contributed by atoms with Gasteiger partial charge in [0.05, 0.1) is 16.7 Å². The summed E-state index contributed by atoms with van der Waals surface area (Å²) in [7, 11) is 0. The van der Waals surface area contributed by atoms with E-state index < -0.39 is 0 Å². The van der Waals surface area contributed by atoms with Gasteiger partial charge >= 0.3 is 0 Å². The predicted molar refractivity (Wildman–Crippen MR) is 210 cm³/mol. The van der Waals surface area contributed by atoms with E-state index in [0.717, 1.165) is 38.7 Å². The van der Waals surface area contributed by atoms with E-state index >= 15 is 0 Å². The van der Waals surface area contributed by atoms with Crippen LogP contribution in [0.15, 0.2) is 192 Å². The number of hydrogen-bond acceptors (Lipinski definition) is 1. The van der Waals surface area contributed by atoms with E-state index in [1.54, 1.807) is 0 Å². The summed E-state index contributed by atoms with van der Waals surface area (Å²) in [5, 5.41) is 4.71. The zero-order valence-electron chi connectivity index (χ0n) is 27.3. The Kier molecular flexibility index (Phi) is 6.53. The summed E-state index contributed by atoms with van der Waals surface area (Å²) >= 11 is 0. The van der Waals surface area contributed by atoms with Crippen molar-refractivity contribution in [3.63, 3.8) is 0 Å². The van der Waals surface area contributed by atoms with Gasteiger partial charge in [-0.05, 0) is 93.0 Å². The van der Waals surface area contributed by atoms with Crippen LogP contribution in [0.25, 0.3) is 93.9 Å². The molecule has 0 amide bonds. The van der Waals surface area contributed by atoms with Gasteiger partial charge in [-0.2, -0.15) is 0 Å². The first kappa shape index (κ1) is 28.4. The molecule has 0 spiro atoms. The van der Waals surface area contributed by atoms with Crippen molar-refractivity contribution in [3.8, 4) is 50.2 Å². The third-order valence-electron chi connectivity index (χ3n) is 9.99. The maximum atomic E-state index is 6.50. The number of benzene rings is 8. The minimum Gasteiger partial charge on any atom is -0.454 e. The van der Waals surface area contributed by atoms with Crippen LogP contribution in [0.1, 0.15) is 0 Å². The Balaban J connectivity index is 1.06. The lowest BCUT2D eigenvalue weighted by molar-refractivity contribution is 0.666. The fraction of sp³-hybridized carbons (Fsp3) is 0. The molecule has 2 heterocycles. The Morgan fingerprint density at radius 1 is 0.300 bits per heavy atom. The van der Waals surface area contributed by atoms with Gasteiger partial charge < -0.3 is 8.98 Å². The average Bonchev–Trinajstić information content (AvgIpc) is 3.74. The van der Waals surface area contributed by atoms with Gasteiger partial charge in [0.25, 0.3) is 0 Å². The zero-order valence-corrected chi connectivity index (χ0v) is 27.3. The Hall–Kier alpha value is -6.64. The normalized spacial score (nSPS) is 11.6. The minimum atomic E-state index is 0.905. The van der Waals surface area contributed by atoms with E-state index in [9.17, 15) is 0 Å². The van der Waals surface area contributed by atoms with Gasteiger partial charge in [-0.15, -0.1) is 0 Å². The van der Waals surface area contributed by atoms with Crippen molar-refractivity contribution < 1.29 is 4.42 Å². The summed E-state index contributed by atoms with van der Waals surface area (Å²) in [6, 6.07) is 67.4. The maximum Gasteiger partial charge on any atom is 0.159 e. The first-order valence-corrected chi connectivity index (χ1v) is 17.1. The SMILES string of the molecule is c1ccc(-c2cccc(-c3cccc(-c4cccc(-c5ccc6c(c5)c5ccccc5n6-c5cccc6c5oc5ccccc56)c4)c3)c2)cc1. The number of nitrogens with zero attached hydrogens (tertiary/aromatic N) is 1. The first-order chi connectivity index (χ1) is 24.8. The van der Waals surface area contributed by atoms with Crippen molar-refractivity contribution in [2.75, 3.05) is 0 Å². The van der Waals surface area contributed by atoms with Crippen LogP contribution < -0.4 is 0 Å². The second-order valence-electron chi connectivity index (χ2n) is 12.9. The van der Waals surface area contributed by atoms with Gasteiger partial charge in [-0.1, -0.05) is 140 Å². The average molecular weight is 638 g/mol. The van der Waals surface area contributed by atoms with E-state index in [1.165, 1.54) is 55.3 Å². The predicted octanol–water partition coefficient (Wildman–Crippen LogP) is 13.4. The van der Waals surface area contributed by atoms with Gasteiger partial charge in [-0.3, -0.25) is 0 Å². The van der Waals surface area contributed by atoms with Crippen LogP contribution in [0.4, 0.5) is 0 Å². The van der Waals surface area contributed by atoms with E-state index in [1.807, 2.05) is 12.1 Å². The fourth-order valence-electron chi connectivity index (χ4n) is 7.59. The maximum absolute atomic E-state index is 6.50. The smallest absolute Gasteiger partial charge is 0.159 e. The van der Waals surface area contributed by atoms with Crippen LogP contribution in [0.2, 0.25) is 0 Å². The highest BCUT2D eigenvalue weighted by Gasteiger charge is 2.18. The van der Waals surface area contributed by atoms with E-state index in [2.05, 4.69) is 180 Å². The molecule has 0 saturated carbocycles. The van der Waals surface area contributed by atoms with E-state index in [0.29, 0.717) is 0 Å². The molecule has 0 radical (unpaired) electrons. The van der Waals surface area contributed by atoms with Crippen molar-refractivity contribution in [3.05, 3.63) is 188 Å². The van der Waals surface area contributed by atoms with Crippen LogP contribution in [0.5, 0.6) is 0 Å². The summed E-state index contributed by atoms with van der Waals surface area (Å²) in [6.45, 7) is 0. The lowest BCUT2D eigenvalue weighted by Crippen LogP contribution is -1.94. The summed E-state index contributed by atoms with van der Waals surface area (Å²) < 4.78 is 8.85. The van der Waals surface area contributed by atoms with Crippen LogP contribution in [0, 0.1) is 0 Å². The molecule has 10 rings (SSSR count). The number of para-hydroxylation sites is 3. The first-order valence-electron chi connectivity index (χ1n) is 17.1. The molecule has 50 heavy (non-hydrogen) atoms. The summed E-state index contributed by atoms with van der Waals surface area (Å²) in [5.41, 5.74) is 14.8. The molecule has 0 aliphatic heterocycles. The molecule has 0 N–H and O–H groups in total. The Morgan fingerprint density at radius 2 is 0.780 bits per heavy atom. The van der Waals surface area contributed by atoms with Crippen LogP contribution in [0.3, 0.4) is 0 Å². The molecule has 234 valence electrons. The number of hydrogen-bond donors (Lipinski definition) is 0. The molecule has 0 saturated heterocycles. The van der Waals surface area contributed by atoms with E-state index in [4.69, 9.17) is 4.42 Å². The molecular formula is C48H31NO. The summed E-state index contributed by atoms with van der Waals surface area (Å²) in [5.74, 6) is 0. The van der Waals surface area contributed by atoms with Crippen molar-refractivity contribution in [2.45, 2.75) is 0 Å². The van der Waals surface area contributed by atoms with Gasteiger partial charge in [0.15, 0.2) is 5.58 Å². The third kappa shape index (κ3) is 4.65. The van der Waals surface area contributed by atoms with E-state index in [-0.39, 0.29) is 0 Å². The number of rotatable bonds is 5. The van der Waals surface area contributed by atoms with Gasteiger partial charge in [0.2, 0.25) is 0 Å². The Bertz CT molecular complexity index is 2870. The Morgan fingerprint density at radius 3 is 1.46 bits per heavy atom. The van der Waals surface area contributed by atoms with Crippen molar-refractivity contribution >= 4 is 43.7 Å². The quantitative estimate of drug-likeness (QED) is 0.184. The highest BCUT2D eigenvalue weighted by Crippen LogP contribution is 2.40. The molecule has 2 heteroatoms. The van der Waals surface area contributed by atoms with Gasteiger partial charge in [-0.25, -0.2) is 0 Å². The summed E-state index contributed by atoms with van der Waals surface area (Å²) in [6.07, 6.45) is 0. The molecule has 0 unspecified atom stereocenters. The largest absolute Gasteiger partial charge is 0.454 e. The molecule has 2 nitrogen and oxygen atoms in total. The Labute approximate surface area is 290 Å². The highest BCUT2D eigenvalue weighted by molar-refractivity contribution is 6.13. The second kappa shape index (κ2) is 11.5. The molecular weight excluding hydrogens is 607 g/mol. The standard InChI is InChI=1S/C48H31NO/c1-2-12-32(13-3-1)33-14-8-15-34(28-33)35-16-9-17-36(29-35)37-18-10-19-38(30-37)39-26-27-45-43(31-39)40-20-4-6-23-44(40)49(45)46-24-11-22-42-41-21-5-7-25-47(41)50-48(42)46/h1-31H. The molecule has 10 aromatic rings. The monoisotopic (exact) mass is 637 g/mol. The molecule has 0 atom stereocenters. The molecule has 0 fully saturated rings. The summed E-state index contributed by atoms with van der Waals surface area (Å²) in [4.78, 5) is 0. The molecule has 0 aliphatic rings. The van der Waals surface area contributed by atoms with Crippen LogP contribution in [-0.2, 0) is 0 Å². The number of fused-ring (bicyclic) bond motifs is 6. The number of aromatic nitrogens is 1. The van der Waals surface area contributed by atoms with Gasteiger partial charge in [0.1, 0.15) is 5.58 Å². The lowest BCUT2D eigenvalue weighted by Gasteiger charge is -2.11.